The summed E-state index contributed by atoms with van der Waals surface area (Å²) in [5.74, 6) is 0.183. The molecule has 0 radical (unpaired) electrons. The molecule has 0 atom stereocenters. The number of aromatic nitrogens is 2. The second-order valence-electron chi connectivity index (χ2n) is 5.64. The van der Waals surface area contributed by atoms with Gasteiger partial charge in [0.1, 0.15) is 23.0 Å². The van der Waals surface area contributed by atoms with Crippen LogP contribution < -0.4 is 5.32 Å². The number of benzene rings is 1. The molecule has 2 heterocycles. The predicted octanol–water partition coefficient (Wildman–Crippen LogP) is 3.76. The molecule has 7 heteroatoms. The summed E-state index contributed by atoms with van der Waals surface area (Å²) in [5.41, 5.74) is 3.01. The lowest BCUT2D eigenvalue weighted by atomic mass is 10.1. The van der Waals surface area contributed by atoms with Gasteiger partial charge in [0.25, 0.3) is 0 Å². The molecular weight excluding hydrogens is 332 g/mol. The zero-order valence-electron chi connectivity index (χ0n) is 14.5. The van der Waals surface area contributed by atoms with Crippen LogP contribution in [0.15, 0.2) is 40.8 Å². The van der Waals surface area contributed by atoms with Crippen LogP contribution in [0.4, 0.5) is 11.7 Å². The van der Waals surface area contributed by atoms with Crippen molar-refractivity contribution >= 4 is 17.7 Å². The summed E-state index contributed by atoms with van der Waals surface area (Å²) in [4.78, 5) is 11.8. The maximum Gasteiger partial charge on any atom is 0.342 e. The number of esters is 1. The van der Waals surface area contributed by atoms with Gasteiger partial charge in [-0.25, -0.2) is 4.79 Å². The maximum absolute atomic E-state index is 11.8. The number of nitrogens with one attached hydrogen (secondary N) is 1. The fourth-order valence-electron chi connectivity index (χ4n) is 2.48. The van der Waals surface area contributed by atoms with Crippen molar-refractivity contribution in [1.82, 2.24) is 10.2 Å². The van der Waals surface area contributed by atoms with E-state index in [-0.39, 0.29) is 17.0 Å². The number of anilines is 2. The minimum Gasteiger partial charge on any atom is -0.465 e. The Hall–Kier alpha value is -3.66. The molecule has 0 aliphatic rings. The fourth-order valence-corrected chi connectivity index (χ4v) is 2.48. The Balaban J connectivity index is 1.87. The SMILES string of the molecule is COC(=O)c1c(C)oc(Nc2ccc(-c3ccc(C)cc3)nn2)c1C#N. The smallest absolute Gasteiger partial charge is 0.342 e. The number of ether oxygens (including phenoxy) is 1. The summed E-state index contributed by atoms with van der Waals surface area (Å²) >= 11 is 0. The van der Waals surface area contributed by atoms with Crippen LogP contribution in [0.3, 0.4) is 0 Å². The molecule has 0 aliphatic heterocycles. The molecule has 0 amide bonds. The topological polar surface area (TPSA) is 101 Å². The largest absolute Gasteiger partial charge is 0.465 e. The highest BCUT2D eigenvalue weighted by Gasteiger charge is 2.24. The van der Waals surface area contributed by atoms with Crippen molar-refractivity contribution in [2.45, 2.75) is 13.8 Å². The third kappa shape index (κ3) is 3.26. The van der Waals surface area contributed by atoms with Crippen LogP contribution >= 0.6 is 0 Å². The normalized spacial score (nSPS) is 10.2. The monoisotopic (exact) mass is 348 g/mol. The highest BCUT2D eigenvalue weighted by molar-refractivity contribution is 5.95. The lowest BCUT2D eigenvalue weighted by Gasteiger charge is -2.04. The quantitative estimate of drug-likeness (QED) is 0.716. The first-order valence-electron chi connectivity index (χ1n) is 7.83. The van der Waals surface area contributed by atoms with Gasteiger partial charge in [0, 0.05) is 5.56 Å². The number of furan rings is 1. The molecule has 7 nitrogen and oxygen atoms in total. The second kappa shape index (κ2) is 7.07. The Morgan fingerprint density at radius 2 is 1.88 bits per heavy atom. The average Bonchev–Trinajstić information content (AvgIpc) is 2.97. The number of aryl methyl sites for hydroxylation is 2. The number of hydrogen-bond donors (Lipinski definition) is 1. The van der Waals surface area contributed by atoms with E-state index in [0.29, 0.717) is 11.6 Å². The molecule has 1 N–H and O–H groups in total. The van der Waals surface area contributed by atoms with Gasteiger partial charge in [0.05, 0.1) is 12.8 Å². The van der Waals surface area contributed by atoms with Crippen molar-refractivity contribution in [2.24, 2.45) is 0 Å². The minimum absolute atomic E-state index is 0.0683. The molecule has 0 bridgehead atoms. The molecule has 3 aromatic rings. The van der Waals surface area contributed by atoms with E-state index in [1.807, 2.05) is 43.3 Å². The van der Waals surface area contributed by atoms with E-state index in [4.69, 9.17) is 9.15 Å². The van der Waals surface area contributed by atoms with Crippen LogP contribution in [-0.4, -0.2) is 23.3 Å². The van der Waals surface area contributed by atoms with Crippen molar-refractivity contribution in [3.63, 3.8) is 0 Å². The van der Waals surface area contributed by atoms with Crippen LogP contribution in [-0.2, 0) is 4.74 Å². The lowest BCUT2D eigenvalue weighted by molar-refractivity contribution is 0.0598. The van der Waals surface area contributed by atoms with E-state index in [0.717, 1.165) is 11.3 Å². The molecule has 0 saturated heterocycles. The third-order valence-corrected chi connectivity index (χ3v) is 3.84. The minimum atomic E-state index is -0.628. The molecule has 1 aromatic carbocycles. The Morgan fingerprint density at radius 1 is 1.15 bits per heavy atom. The van der Waals surface area contributed by atoms with E-state index in [2.05, 4.69) is 15.5 Å². The summed E-state index contributed by atoms with van der Waals surface area (Å²) in [6, 6.07) is 13.4. The number of hydrogen-bond acceptors (Lipinski definition) is 7. The van der Waals surface area contributed by atoms with E-state index < -0.39 is 5.97 Å². The summed E-state index contributed by atoms with van der Waals surface area (Å²) in [6.45, 7) is 3.60. The zero-order valence-corrected chi connectivity index (χ0v) is 14.5. The van der Waals surface area contributed by atoms with E-state index in [9.17, 15) is 10.1 Å². The van der Waals surface area contributed by atoms with Crippen molar-refractivity contribution in [3.8, 4) is 17.3 Å². The highest BCUT2D eigenvalue weighted by Crippen LogP contribution is 2.29. The first kappa shape index (κ1) is 17.2. The van der Waals surface area contributed by atoms with E-state index in [1.165, 1.54) is 12.7 Å². The fraction of sp³-hybridized carbons (Fsp3) is 0.158. The standard InChI is InChI=1S/C19H16N4O3/c1-11-4-6-13(7-5-11)15-8-9-16(23-22-15)21-18-14(10-20)17(12(2)26-18)19(24)25-3/h4-9H,1-3H3,(H,21,23). The van der Waals surface area contributed by atoms with Gasteiger partial charge in [0.15, 0.2) is 5.82 Å². The van der Waals surface area contributed by atoms with Crippen molar-refractivity contribution in [2.75, 3.05) is 12.4 Å². The predicted molar refractivity (Wildman–Crippen MR) is 95.0 cm³/mol. The van der Waals surface area contributed by atoms with Gasteiger partial charge in [-0.1, -0.05) is 29.8 Å². The van der Waals surface area contributed by atoms with Gasteiger partial charge in [-0.2, -0.15) is 5.26 Å². The lowest BCUT2D eigenvalue weighted by Crippen LogP contribution is -2.04. The number of nitrogens with zero attached hydrogens (tertiary/aromatic N) is 3. The van der Waals surface area contributed by atoms with Crippen molar-refractivity contribution < 1.29 is 13.9 Å². The molecule has 0 aliphatic carbocycles. The summed E-state index contributed by atoms with van der Waals surface area (Å²) in [6.07, 6.45) is 0. The Labute approximate surface area is 150 Å². The molecule has 2 aromatic heterocycles. The number of carbonyl (C=O) groups excluding carboxylic acids is 1. The van der Waals surface area contributed by atoms with Gasteiger partial charge in [-0.15, -0.1) is 10.2 Å². The van der Waals surface area contributed by atoms with Gasteiger partial charge in [-0.3, -0.25) is 0 Å². The summed E-state index contributed by atoms with van der Waals surface area (Å²) in [7, 11) is 1.25. The van der Waals surface area contributed by atoms with E-state index >= 15 is 0 Å². The molecule has 0 fully saturated rings. The molecule has 3 rings (SSSR count). The molecule has 26 heavy (non-hydrogen) atoms. The third-order valence-electron chi connectivity index (χ3n) is 3.84. The molecule has 0 spiro atoms. The van der Waals surface area contributed by atoms with E-state index in [1.54, 1.807) is 13.0 Å². The first-order chi connectivity index (χ1) is 12.5. The van der Waals surface area contributed by atoms with Gasteiger partial charge < -0.3 is 14.5 Å². The van der Waals surface area contributed by atoms with Crippen LogP contribution in [0.2, 0.25) is 0 Å². The van der Waals surface area contributed by atoms with Crippen LogP contribution in [0.25, 0.3) is 11.3 Å². The molecule has 0 saturated carbocycles. The number of methoxy groups -OCH3 is 1. The summed E-state index contributed by atoms with van der Waals surface area (Å²) < 4.78 is 10.2. The molecule has 130 valence electrons. The molecular formula is C19H16N4O3. The Morgan fingerprint density at radius 3 is 2.46 bits per heavy atom. The first-order valence-corrected chi connectivity index (χ1v) is 7.83. The number of rotatable bonds is 4. The van der Waals surface area contributed by atoms with Crippen LogP contribution in [0, 0.1) is 25.2 Å². The second-order valence-corrected chi connectivity index (χ2v) is 5.64. The summed E-state index contributed by atoms with van der Waals surface area (Å²) in [5, 5.41) is 20.5. The molecule has 0 unspecified atom stereocenters. The average molecular weight is 348 g/mol. The van der Waals surface area contributed by atoms with Gasteiger partial charge in [-0.05, 0) is 26.0 Å². The van der Waals surface area contributed by atoms with Gasteiger partial charge in [0.2, 0.25) is 5.88 Å². The Bertz CT molecular complexity index is 983. The highest BCUT2D eigenvalue weighted by atomic mass is 16.5. The zero-order chi connectivity index (χ0) is 18.7. The number of nitriles is 1. The van der Waals surface area contributed by atoms with Crippen molar-refractivity contribution in [3.05, 3.63) is 58.8 Å². The van der Waals surface area contributed by atoms with Gasteiger partial charge >= 0.3 is 5.97 Å². The maximum atomic E-state index is 11.8. The Kier molecular flexibility index (Phi) is 4.67. The number of carbonyl (C=O) groups is 1. The van der Waals surface area contributed by atoms with Crippen LogP contribution in [0.5, 0.6) is 0 Å². The van der Waals surface area contributed by atoms with Crippen molar-refractivity contribution in [1.29, 1.82) is 5.26 Å². The van der Waals surface area contributed by atoms with Crippen LogP contribution in [0.1, 0.15) is 27.2 Å².